The lowest BCUT2D eigenvalue weighted by atomic mass is 9.61. The molecule has 2 nitrogen and oxygen atoms in total. The van der Waals surface area contributed by atoms with Gasteiger partial charge in [0, 0.05) is 5.92 Å². The number of carbonyl (C=O) groups is 1. The van der Waals surface area contributed by atoms with Crippen LogP contribution in [0.5, 0.6) is 0 Å². The second kappa shape index (κ2) is 4.08. The van der Waals surface area contributed by atoms with Crippen molar-refractivity contribution in [2.24, 2.45) is 17.3 Å². The van der Waals surface area contributed by atoms with E-state index >= 15 is 0 Å². The number of carbonyl (C=O) groups excluding carboxylic acids is 1. The van der Waals surface area contributed by atoms with Crippen LogP contribution < -0.4 is 0 Å². The number of fused-ring (bicyclic) bond motifs is 1. The van der Waals surface area contributed by atoms with E-state index in [1.165, 1.54) is 5.57 Å². The molecule has 1 aliphatic heterocycles. The predicted molar refractivity (Wildman–Crippen MR) is 63.9 cm³/mol. The van der Waals surface area contributed by atoms with Crippen molar-refractivity contribution in [2.75, 3.05) is 6.61 Å². The summed E-state index contributed by atoms with van der Waals surface area (Å²) in [5.74, 6) is 0.860. The summed E-state index contributed by atoms with van der Waals surface area (Å²) in [7, 11) is 0. The van der Waals surface area contributed by atoms with Gasteiger partial charge in [0.05, 0.1) is 12.0 Å². The quantitative estimate of drug-likeness (QED) is 0.539. The van der Waals surface area contributed by atoms with Crippen molar-refractivity contribution in [3.05, 3.63) is 24.8 Å². The van der Waals surface area contributed by atoms with Crippen LogP contribution in [0.15, 0.2) is 24.8 Å². The first-order valence-corrected chi connectivity index (χ1v) is 6.03. The van der Waals surface area contributed by atoms with E-state index in [2.05, 4.69) is 20.1 Å². The zero-order valence-electron chi connectivity index (χ0n) is 10.00. The fourth-order valence-electron chi connectivity index (χ4n) is 3.21. The number of hydrogen-bond donors (Lipinski definition) is 0. The minimum Gasteiger partial charge on any atom is -0.465 e. The molecule has 1 saturated heterocycles. The van der Waals surface area contributed by atoms with Crippen LogP contribution in [-0.2, 0) is 9.53 Å². The molecule has 1 saturated carbocycles. The fourth-order valence-corrected chi connectivity index (χ4v) is 3.21. The van der Waals surface area contributed by atoms with Gasteiger partial charge in [-0.15, -0.1) is 6.58 Å². The Bertz CT molecular complexity index is 332. The number of allylic oxidation sites excluding steroid dienone is 2. The Labute approximate surface area is 97.4 Å². The van der Waals surface area contributed by atoms with E-state index in [9.17, 15) is 4.79 Å². The largest absolute Gasteiger partial charge is 0.465 e. The van der Waals surface area contributed by atoms with Crippen LogP contribution in [-0.4, -0.2) is 12.6 Å². The van der Waals surface area contributed by atoms with Gasteiger partial charge < -0.3 is 4.74 Å². The molecule has 0 bridgehead atoms. The molecule has 1 aliphatic carbocycles. The zero-order chi connectivity index (χ0) is 11.8. The Hall–Kier alpha value is -1.05. The van der Waals surface area contributed by atoms with E-state index in [0.717, 1.165) is 25.7 Å². The smallest absolute Gasteiger partial charge is 0.312 e. The van der Waals surface area contributed by atoms with Crippen molar-refractivity contribution in [1.29, 1.82) is 0 Å². The number of rotatable bonds is 3. The second-order valence-electron chi connectivity index (χ2n) is 5.27. The monoisotopic (exact) mass is 220 g/mol. The van der Waals surface area contributed by atoms with E-state index in [-0.39, 0.29) is 11.4 Å². The van der Waals surface area contributed by atoms with Crippen LogP contribution in [0.1, 0.15) is 32.6 Å². The summed E-state index contributed by atoms with van der Waals surface area (Å²) < 4.78 is 5.27. The Kier molecular flexibility index (Phi) is 2.92. The first-order chi connectivity index (χ1) is 7.60. The second-order valence-corrected chi connectivity index (χ2v) is 5.27. The molecular formula is C14H20O2. The molecule has 2 rings (SSSR count). The highest BCUT2D eigenvalue weighted by atomic mass is 16.5. The summed E-state index contributed by atoms with van der Waals surface area (Å²) >= 11 is 0. The Morgan fingerprint density at radius 2 is 2.38 bits per heavy atom. The molecule has 0 radical (unpaired) electrons. The van der Waals surface area contributed by atoms with E-state index < -0.39 is 0 Å². The molecule has 0 aromatic rings. The molecular weight excluding hydrogens is 200 g/mol. The molecule has 0 aromatic heterocycles. The Balaban J connectivity index is 2.26. The zero-order valence-corrected chi connectivity index (χ0v) is 10.00. The molecule has 2 fully saturated rings. The lowest BCUT2D eigenvalue weighted by Gasteiger charge is -2.39. The highest BCUT2D eigenvalue weighted by Crippen LogP contribution is 2.52. The minimum atomic E-state index is -0.288. The molecule has 3 atom stereocenters. The van der Waals surface area contributed by atoms with E-state index in [1.54, 1.807) is 0 Å². The molecule has 16 heavy (non-hydrogen) atoms. The lowest BCUT2D eigenvalue weighted by molar-refractivity contribution is -0.147. The van der Waals surface area contributed by atoms with Gasteiger partial charge in [0.15, 0.2) is 0 Å². The number of esters is 1. The maximum Gasteiger partial charge on any atom is 0.312 e. The van der Waals surface area contributed by atoms with Gasteiger partial charge in [0.1, 0.15) is 0 Å². The molecule has 0 unspecified atom stereocenters. The molecule has 0 aromatic carbocycles. The van der Waals surface area contributed by atoms with Gasteiger partial charge in [-0.2, -0.15) is 0 Å². The van der Waals surface area contributed by atoms with Gasteiger partial charge in [-0.3, -0.25) is 4.79 Å². The van der Waals surface area contributed by atoms with Crippen molar-refractivity contribution < 1.29 is 9.53 Å². The normalized spacial score (nSPS) is 37.7. The maximum absolute atomic E-state index is 12.0. The third-order valence-corrected chi connectivity index (χ3v) is 4.28. The van der Waals surface area contributed by atoms with E-state index in [1.807, 2.05) is 6.08 Å². The third-order valence-electron chi connectivity index (χ3n) is 4.28. The van der Waals surface area contributed by atoms with Crippen LogP contribution in [0, 0.1) is 17.3 Å². The van der Waals surface area contributed by atoms with Gasteiger partial charge in [0.2, 0.25) is 0 Å². The summed E-state index contributed by atoms with van der Waals surface area (Å²) in [6.07, 6.45) is 5.74. The summed E-state index contributed by atoms with van der Waals surface area (Å²) in [5.41, 5.74) is 0.908. The Morgan fingerprint density at radius 1 is 1.62 bits per heavy atom. The van der Waals surface area contributed by atoms with Crippen LogP contribution in [0.2, 0.25) is 0 Å². The predicted octanol–water partition coefficient (Wildman–Crippen LogP) is 3.10. The van der Waals surface area contributed by atoms with Gasteiger partial charge in [0.25, 0.3) is 0 Å². The maximum atomic E-state index is 12.0. The fraction of sp³-hybridized carbons (Fsp3) is 0.643. The summed E-state index contributed by atoms with van der Waals surface area (Å²) in [6.45, 7) is 10.5. The van der Waals surface area contributed by atoms with Gasteiger partial charge in [-0.1, -0.05) is 18.2 Å². The van der Waals surface area contributed by atoms with Gasteiger partial charge in [-0.05, 0) is 38.5 Å². The van der Waals surface area contributed by atoms with Crippen molar-refractivity contribution in [3.8, 4) is 0 Å². The lowest BCUT2D eigenvalue weighted by Crippen LogP contribution is -2.39. The summed E-state index contributed by atoms with van der Waals surface area (Å²) in [6, 6.07) is 0. The molecule has 2 aliphatic rings. The molecule has 0 spiro atoms. The first-order valence-electron chi connectivity index (χ1n) is 6.03. The van der Waals surface area contributed by atoms with Crippen LogP contribution in [0.3, 0.4) is 0 Å². The highest BCUT2D eigenvalue weighted by Gasteiger charge is 2.54. The number of hydrogen-bond acceptors (Lipinski definition) is 2. The molecule has 1 heterocycles. The third kappa shape index (κ3) is 1.60. The summed E-state index contributed by atoms with van der Waals surface area (Å²) in [5, 5.41) is 0. The highest BCUT2D eigenvalue weighted by molar-refractivity contribution is 5.79. The van der Waals surface area contributed by atoms with Crippen molar-refractivity contribution in [3.63, 3.8) is 0 Å². The molecule has 88 valence electrons. The average Bonchev–Trinajstić information content (AvgIpc) is 2.56. The first kappa shape index (κ1) is 11.4. The van der Waals surface area contributed by atoms with E-state index in [0.29, 0.717) is 18.4 Å². The Morgan fingerprint density at radius 3 is 3.00 bits per heavy atom. The SMILES string of the molecule is C=CC[C@@]12C[C@@H](C(=C)C)CC[C@@H]1COC2=O. The topological polar surface area (TPSA) is 26.3 Å². The van der Waals surface area contributed by atoms with Crippen LogP contribution in [0.4, 0.5) is 0 Å². The number of cyclic esters (lactones) is 1. The minimum absolute atomic E-state index is 0.0108. The molecule has 0 N–H and O–H groups in total. The molecule has 0 amide bonds. The number of ether oxygens (including phenoxy) is 1. The molecule has 2 heteroatoms. The van der Waals surface area contributed by atoms with Crippen LogP contribution >= 0.6 is 0 Å². The summed E-state index contributed by atoms with van der Waals surface area (Å²) in [4.78, 5) is 12.0. The van der Waals surface area contributed by atoms with Gasteiger partial charge >= 0.3 is 5.97 Å². The van der Waals surface area contributed by atoms with Crippen molar-refractivity contribution in [1.82, 2.24) is 0 Å². The van der Waals surface area contributed by atoms with Crippen molar-refractivity contribution in [2.45, 2.75) is 32.6 Å². The van der Waals surface area contributed by atoms with E-state index in [4.69, 9.17) is 4.74 Å². The van der Waals surface area contributed by atoms with Gasteiger partial charge in [-0.25, -0.2) is 0 Å². The van der Waals surface area contributed by atoms with Crippen LogP contribution in [0.25, 0.3) is 0 Å². The standard InChI is InChI=1S/C14H20O2/c1-4-7-14-8-11(10(2)3)5-6-12(14)9-16-13(14)15/h4,11-12H,1-2,5-9H2,3H3/t11-,12+,14+/m0/s1. The van der Waals surface area contributed by atoms with Crippen molar-refractivity contribution >= 4 is 5.97 Å². The average molecular weight is 220 g/mol.